The van der Waals surface area contributed by atoms with Crippen molar-refractivity contribution in [2.75, 3.05) is 0 Å². The second kappa shape index (κ2) is 4.57. The molecule has 1 N–H and O–H groups in total. The first kappa shape index (κ1) is 11.6. The zero-order chi connectivity index (χ0) is 12.3. The van der Waals surface area contributed by atoms with Crippen LogP contribution < -0.4 is 5.32 Å². The van der Waals surface area contributed by atoms with E-state index in [4.69, 9.17) is 0 Å². The lowest BCUT2D eigenvalue weighted by Gasteiger charge is -2.17. The zero-order valence-corrected chi connectivity index (χ0v) is 10.6. The van der Waals surface area contributed by atoms with E-state index >= 15 is 0 Å². The molecule has 0 aromatic carbocycles. The van der Waals surface area contributed by atoms with Gasteiger partial charge in [-0.05, 0) is 32.9 Å². The van der Waals surface area contributed by atoms with Crippen molar-refractivity contribution in [3.8, 4) is 0 Å². The monoisotopic (exact) mass is 224 g/mol. The van der Waals surface area contributed by atoms with Gasteiger partial charge in [0.05, 0.1) is 5.57 Å². The molecule has 1 aliphatic heterocycles. The first-order valence-corrected chi connectivity index (χ1v) is 5.89. The second-order valence-electron chi connectivity index (χ2n) is 5.24. The highest BCUT2D eigenvalue weighted by molar-refractivity contribution is 5.47. The van der Waals surface area contributed by atoms with Crippen LogP contribution in [0.2, 0.25) is 0 Å². The lowest BCUT2D eigenvalue weighted by molar-refractivity contribution is 0.516. The summed E-state index contributed by atoms with van der Waals surface area (Å²) in [6, 6.07) is 0. The molecule has 0 saturated carbocycles. The molecule has 2 rings (SSSR count). The van der Waals surface area contributed by atoms with Crippen LogP contribution >= 0.6 is 0 Å². The fraction of sp³-hybridized carbons (Fsp3) is 0.250. The molecule has 1 heteroatoms. The van der Waals surface area contributed by atoms with Gasteiger partial charge in [0.1, 0.15) is 5.57 Å². The topological polar surface area (TPSA) is 12.0 Å². The SMILES string of the molecule is CC(C)(C)C1=C[CH+]C(=C=C2C=CNC=C2)C=C1. The Kier molecular flexibility index (Phi) is 3.12. The van der Waals surface area contributed by atoms with Crippen molar-refractivity contribution >= 4 is 0 Å². The summed E-state index contributed by atoms with van der Waals surface area (Å²) in [5.74, 6) is 0. The molecule has 0 saturated heterocycles. The summed E-state index contributed by atoms with van der Waals surface area (Å²) in [6.07, 6.45) is 16.4. The molecule has 0 fully saturated rings. The Morgan fingerprint density at radius 1 is 1.06 bits per heavy atom. The van der Waals surface area contributed by atoms with Gasteiger partial charge in [0.25, 0.3) is 0 Å². The Bertz CT molecular complexity index is 470. The maximum Gasteiger partial charge on any atom is 0.148 e. The van der Waals surface area contributed by atoms with Gasteiger partial charge in [0, 0.05) is 53.8 Å². The first-order valence-electron chi connectivity index (χ1n) is 5.89. The molecule has 86 valence electrons. The van der Waals surface area contributed by atoms with Crippen molar-refractivity contribution in [2.45, 2.75) is 20.8 Å². The van der Waals surface area contributed by atoms with Gasteiger partial charge in [0.15, 0.2) is 0 Å². The van der Waals surface area contributed by atoms with E-state index in [0.29, 0.717) is 0 Å². The van der Waals surface area contributed by atoms with Crippen LogP contribution in [-0.4, -0.2) is 0 Å². The fourth-order valence-electron chi connectivity index (χ4n) is 1.69. The van der Waals surface area contributed by atoms with Crippen molar-refractivity contribution in [2.24, 2.45) is 5.41 Å². The number of rotatable bonds is 0. The van der Waals surface area contributed by atoms with E-state index in [1.807, 2.05) is 24.6 Å². The van der Waals surface area contributed by atoms with Gasteiger partial charge in [-0.1, -0.05) is 0 Å². The first-order chi connectivity index (χ1) is 8.05. The van der Waals surface area contributed by atoms with Gasteiger partial charge >= 0.3 is 0 Å². The van der Waals surface area contributed by atoms with Gasteiger partial charge in [-0.25, -0.2) is 0 Å². The Morgan fingerprint density at radius 2 is 1.76 bits per heavy atom. The van der Waals surface area contributed by atoms with Crippen LogP contribution in [0.15, 0.2) is 65.2 Å². The molecule has 1 heterocycles. The lowest BCUT2D eigenvalue weighted by Crippen LogP contribution is -2.09. The highest BCUT2D eigenvalue weighted by Crippen LogP contribution is 2.30. The Hall–Kier alpha value is -1.85. The Morgan fingerprint density at radius 3 is 2.29 bits per heavy atom. The standard InChI is InChI=1S/C16H18N/c1-16(2,3)15-6-4-13(5-7-15)12-14-8-10-17-11-9-14/h4-11,17H,1-3H3/q+1. The Balaban J connectivity index is 2.21. The molecule has 0 unspecified atom stereocenters. The molecular formula is C16H18N+. The molecular weight excluding hydrogens is 206 g/mol. The molecule has 0 spiro atoms. The van der Waals surface area contributed by atoms with Crippen LogP contribution in [0.1, 0.15) is 20.8 Å². The summed E-state index contributed by atoms with van der Waals surface area (Å²) in [5, 5.41) is 3.01. The third-order valence-electron chi connectivity index (χ3n) is 2.76. The van der Waals surface area contributed by atoms with Gasteiger partial charge in [-0.2, -0.15) is 0 Å². The normalized spacial score (nSPS) is 18.4. The predicted molar refractivity (Wildman–Crippen MR) is 72.9 cm³/mol. The van der Waals surface area contributed by atoms with E-state index in [1.54, 1.807) is 0 Å². The number of hydrogen-bond donors (Lipinski definition) is 1. The third kappa shape index (κ3) is 3.05. The minimum absolute atomic E-state index is 0.209. The van der Waals surface area contributed by atoms with Gasteiger partial charge in [0.2, 0.25) is 0 Å². The quantitative estimate of drug-likeness (QED) is 0.487. The zero-order valence-electron chi connectivity index (χ0n) is 10.6. The van der Waals surface area contributed by atoms with Crippen molar-refractivity contribution in [3.05, 3.63) is 71.7 Å². The van der Waals surface area contributed by atoms with Crippen molar-refractivity contribution < 1.29 is 0 Å². The van der Waals surface area contributed by atoms with E-state index in [2.05, 4.69) is 56.5 Å². The highest BCUT2D eigenvalue weighted by atomic mass is 14.8. The molecule has 0 bridgehead atoms. The van der Waals surface area contributed by atoms with Crippen molar-refractivity contribution in [1.82, 2.24) is 5.32 Å². The minimum Gasteiger partial charge on any atom is -0.367 e. The minimum atomic E-state index is 0.209. The largest absolute Gasteiger partial charge is 0.367 e. The molecule has 1 nitrogen and oxygen atoms in total. The van der Waals surface area contributed by atoms with E-state index in [-0.39, 0.29) is 5.41 Å². The summed E-state index contributed by atoms with van der Waals surface area (Å²) >= 11 is 0. The summed E-state index contributed by atoms with van der Waals surface area (Å²) in [4.78, 5) is 0. The fourth-order valence-corrected chi connectivity index (χ4v) is 1.69. The molecule has 2 aliphatic rings. The summed E-state index contributed by atoms with van der Waals surface area (Å²) in [5.41, 5.74) is 7.13. The molecule has 0 aromatic heterocycles. The maximum absolute atomic E-state index is 3.36. The molecule has 0 atom stereocenters. The van der Waals surface area contributed by atoms with Crippen molar-refractivity contribution in [1.29, 1.82) is 0 Å². The van der Waals surface area contributed by atoms with Crippen LogP contribution in [0.3, 0.4) is 0 Å². The Labute approximate surface area is 104 Å². The molecule has 17 heavy (non-hydrogen) atoms. The van der Waals surface area contributed by atoms with Gasteiger partial charge < -0.3 is 5.32 Å². The van der Waals surface area contributed by atoms with Crippen LogP contribution in [-0.2, 0) is 0 Å². The van der Waals surface area contributed by atoms with Gasteiger partial charge in [-0.3, -0.25) is 0 Å². The van der Waals surface area contributed by atoms with Crippen LogP contribution in [0, 0.1) is 11.8 Å². The van der Waals surface area contributed by atoms with E-state index in [0.717, 1.165) is 11.1 Å². The number of allylic oxidation sites excluding steroid dienone is 7. The number of hydrogen-bond acceptors (Lipinski definition) is 1. The average Bonchev–Trinajstić information content (AvgIpc) is 2.30. The molecule has 0 amide bonds. The lowest BCUT2D eigenvalue weighted by atomic mass is 9.83. The maximum atomic E-state index is 3.36. The predicted octanol–water partition coefficient (Wildman–Crippen LogP) is 3.82. The second-order valence-corrected chi connectivity index (χ2v) is 5.24. The van der Waals surface area contributed by atoms with Crippen molar-refractivity contribution in [3.63, 3.8) is 0 Å². The molecule has 0 radical (unpaired) electrons. The summed E-state index contributed by atoms with van der Waals surface area (Å²) < 4.78 is 0. The van der Waals surface area contributed by atoms with Crippen LogP contribution in [0.4, 0.5) is 0 Å². The smallest absolute Gasteiger partial charge is 0.148 e. The van der Waals surface area contributed by atoms with Gasteiger partial charge in [-0.15, -0.1) is 0 Å². The van der Waals surface area contributed by atoms with Crippen LogP contribution in [0.25, 0.3) is 0 Å². The van der Waals surface area contributed by atoms with E-state index in [9.17, 15) is 0 Å². The summed E-state index contributed by atoms with van der Waals surface area (Å²) in [7, 11) is 0. The number of nitrogens with one attached hydrogen (secondary N) is 1. The van der Waals surface area contributed by atoms with E-state index < -0.39 is 0 Å². The van der Waals surface area contributed by atoms with E-state index in [1.165, 1.54) is 5.57 Å². The highest BCUT2D eigenvalue weighted by Gasteiger charge is 2.21. The molecule has 1 aliphatic carbocycles. The average molecular weight is 224 g/mol. The molecule has 0 aromatic rings. The third-order valence-corrected chi connectivity index (χ3v) is 2.76. The number of dihydropyridines is 1. The summed E-state index contributed by atoms with van der Waals surface area (Å²) in [6.45, 7) is 6.67. The van der Waals surface area contributed by atoms with Crippen LogP contribution in [0.5, 0.6) is 0 Å².